The molecule has 0 N–H and O–H groups in total. The van der Waals surface area contributed by atoms with Crippen molar-refractivity contribution in [3.05, 3.63) is 0 Å². The van der Waals surface area contributed by atoms with Crippen LogP contribution in [-0.2, 0) is 23.4 Å². The van der Waals surface area contributed by atoms with Gasteiger partial charge in [-0.2, -0.15) is 0 Å². The standard InChI is InChI=1S/8C6H11.4Al.H4O6P2/c8*1-2-4-6-5-3-1;;;;;1-7(2,3)8(4,5)6/h8*1H,2-6H2;;;;;(H2,1,2,3)(H2,4,5,6)/q;;;;;;;;4*+1;/p-4. The molecule has 0 aromatic rings. The first-order chi connectivity index (χ1) is 29.5. The topological polar surface area (TPSA) is 71.1 Å². The summed E-state index contributed by atoms with van der Waals surface area (Å²) in [4.78, 5) is 0. The van der Waals surface area contributed by atoms with Crippen LogP contribution >= 0.6 is 14.6 Å². The average molecular weight is 931 g/mol. The van der Waals surface area contributed by atoms with Gasteiger partial charge in [0, 0.05) is 0 Å². The number of hydrogen-bond acceptors (Lipinski definition) is 6. The van der Waals surface area contributed by atoms with Gasteiger partial charge in [0.25, 0.3) is 0 Å². The maximum absolute atomic E-state index is 17.6. The molecule has 0 atom stereocenters. The largest absolute Gasteiger partial charge is 0.478 e. The monoisotopic (exact) mass is 931 g/mol. The van der Waals surface area contributed by atoms with E-state index in [1.165, 1.54) is 257 Å². The highest BCUT2D eigenvalue weighted by Crippen LogP contribution is 2.87. The lowest BCUT2D eigenvalue weighted by Gasteiger charge is -2.44. The van der Waals surface area contributed by atoms with Crippen LogP contribution in [0.15, 0.2) is 0 Å². The van der Waals surface area contributed by atoms with Crippen molar-refractivity contribution in [1.82, 2.24) is 0 Å². The van der Waals surface area contributed by atoms with Crippen molar-refractivity contribution in [3.63, 3.8) is 0 Å². The Morgan fingerprint density at radius 3 is 0.450 bits per heavy atom. The molecule has 6 nitrogen and oxygen atoms in total. The van der Waals surface area contributed by atoms with Crippen molar-refractivity contribution >= 4 is 72.5 Å². The predicted octanol–water partition coefficient (Wildman–Crippen LogP) is 18.0. The normalized spacial score (nSPS) is 26.9. The van der Waals surface area contributed by atoms with Gasteiger partial charge in [0.1, 0.15) is 0 Å². The van der Waals surface area contributed by atoms with Crippen LogP contribution in [0.2, 0.25) is 38.2 Å². The van der Waals surface area contributed by atoms with E-state index >= 15 is 9.13 Å². The molecule has 8 saturated carbocycles. The van der Waals surface area contributed by atoms with Gasteiger partial charge in [0.15, 0.2) is 0 Å². The lowest BCUT2D eigenvalue weighted by molar-refractivity contribution is 0.316. The highest BCUT2D eigenvalue weighted by atomic mass is 32.1. The molecule has 0 heterocycles. The summed E-state index contributed by atoms with van der Waals surface area (Å²) < 4.78 is 70.8. The fourth-order valence-corrected chi connectivity index (χ4v) is 48.6. The maximum Gasteiger partial charge on any atom is 0.478 e. The molecule has 8 aliphatic carbocycles. The molecule has 8 fully saturated rings. The molecule has 0 bridgehead atoms. The minimum Gasteiger partial charge on any atom is -0.428 e. The summed E-state index contributed by atoms with van der Waals surface area (Å²) in [6, 6.07) is 0. The van der Waals surface area contributed by atoms with Crippen LogP contribution in [-0.4, -0.2) is 57.9 Å². The third kappa shape index (κ3) is 13.1. The van der Waals surface area contributed by atoms with Crippen molar-refractivity contribution in [2.45, 2.75) is 295 Å². The zero-order chi connectivity index (χ0) is 41.0. The Morgan fingerprint density at radius 1 is 0.217 bits per heavy atom. The molecule has 12 heteroatoms. The SMILES string of the molecule is O=P([O][Al]([CH]1CCCCC1)[CH]1CCCCC1)([O][Al]([CH]1CCCCC1)[CH]1CCCCC1)P(=O)([O][Al]([CH]1CCCCC1)[CH]1CCCCC1)[O][Al]([CH]1CCCCC1)[CH]1CCCCC1. The maximum atomic E-state index is 17.6. The Morgan fingerprint density at radius 2 is 0.333 bits per heavy atom. The van der Waals surface area contributed by atoms with E-state index in [1.807, 2.05) is 0 Å². The van der Waals surface area contributed by atoms with E-state index in [-0.39, 0.29) is 0 Å². The molecule has 0 amide bonds. The van der Waals surface area contributed by atoms with Crippen molar-refractivity contribution < 1.29 is 23.4 Å². The molecule has 60 heavy (non-hydrogen) atoms. The van der Waals surface area contributed by atoms with Gasteiger partial charge >= 0.3 is 72.5 Å². The minimum absolute atomic E-state index is 0.506. The second kappa shape index (κ2) is 25.2. The zero-order valence-corrected chi connectivity index (χ0v) is 45.0. The molecule has 0 radical (unpaired) electrons. The molecule has 8 rings (SSSR count). The van der Waals surface area contributed by atoms with Crippen LogP contribution in [0.3, 0.4) is 0 Å². The van der Waals surface area contributed by atoms with E-state index in [4.69, 9.17) is 14.3 Å². The van der Waals surface area contributed by atoms with E-state index in [1.54, 1.807) is 0 Å². The molecule has 0 spiro atoms. The van der Waals surface area contributed by atoms with Crippen molar-refractivity contribution in [1.29, 1.82) is 0 Å². The average Bonchev–Trinajstić information content (AvgIpc) is 3.33. The molecule has 8 aliphatic rings. The molecule has 0 unspecified atom stereocenters. The van der Waals surface area contributed by atoms with E-state index in [2.05, 4.69) is 0 Å². The predicted molar refractivity (Wildman–Crippen MR) is 257 cm³/mol. The number of hydrogen-bond donors (Lipinski definition) is 0. The first-order valence-electron chi connectivity index (χ1n) is 27.4. The Hall–Kier alpha value is 2.43. The van der Waals surface area contributed by atoms with Crippen molar-refractivity contribution in [3.8, 4) is 0 Å². The van der Waals surface area contributed by atoms with Gasteiger partial charge in [-0.15, -0.1) is 0 Å². The van der Waals surface area contributed by atoms with E-state index < -0.39 is 72.5 Å². The summed E-state index contributed by atoms with van der Waals surface area (Å²) in [5.41, 5.74) is 0. The van der Waals surface area contributed by atoms with E-state index in [0.717, 1.165) is 0 Å². The van der Waals surface area contributed by atoms with Crippen LogP contribution < -0.4 is 0 Å². The Balaban J connectivity index is 1.26. The Labute approximate surface area is 387 Å². The Bertz CT molecular complexity index is 1070. The van der Waals surface area contributed by atoms with Gasteiger partial charge in [-0.1, -0.05) is 295 Å². The highest BCUT2D eigenvalue weighted by molar-refractivity contribution is 8.29. The van der Waals surface area contributed by atoms with Gasteiger partial charge in [0.05, 0.1) is 0 Å². The summed E-state index contributed by atoms with van der Waals surface area (Å²) in [5, 5.41) is 0. The van der Waals surface area contributed by atoms with Crippen molar-refractivity contribution in [2.75, 3.05) is 0 Å². The summed E-state index contributed by atoms with van der Waals surface area (Å²) in [7, 11) is -8.66. The molecule has 0 saturated heterocycles. The van der Waals surface area contributed by atoms with Crippen LogP contribution in [0, 0.1) is 0 Å². The van der Waals surface area contributed by atoms with Crippen LogP contribution in [0.1, 0.15) is 257 Å². The fourth-order valence-electron chi connectivity index (χ4n) is 14.8. The van der Waals surface area contributed by atoms with Gasteiger partial charge in [-0.3, -0.25) is 9.13 Å². The highest BCUT2D eigenvalue weighted by Gasteiger charge is 2.62. The van der Waals surface area contributed by atoms with Gasteiger partial charge in [-0.25, -0.2) is 0 Å². The summed E-state index contributed by atoms with van der Waals surface area (Å²) >= 11 is -8.64. The zero-order valence-electron chi connectivity index (χ0n) is 38.6. The lowest BCUT2D eigenvalue weighted by Crippen LogP contribution is -2.39. The van der Waals surface area contributed by atoms with Gasteiger partial charge in [-0.05, 0) is 0 Å². The molecular formula is C48H88Al4O6P2. The summed E-state index contributed by atoms with van der Waals surface area (Å²) in [6.45, 7) is 0. The minimum atomic E-state index is -4.33. The molecule has 0 aliphatic heterocycles. The molecule has 0 aromatic carbocycles. The Kier molecular flexibility index (Phi) is 20.5. The second-order valence-corrected chi connectivity index (χ2v) is 41.8. The molecular weight excluding hydrogens is 842 g/mol. The molecule has 338 valence electrons. The smallest absolute Gasteiger partial charge is 0.428 e. The van der Waals surface area contributed by atoms with Gasteiger partial charge in [0.2, 0.25) is 0 Å². The third-order valence-corrected chi connectivity index (χ3v) is 45.0. The first-order valence-corrected chi connectivity index (χ1v) is 38.4. The lowest BCUT2D eigenvalue weighted by atomic mass is 9.99. The summed E-state index contributed by atoms with van der Waals surface area (Å²) in [5.74, 6) is 0. The van der Waals surface area contributed by atoms with Crippen LogP contribution in [0.5, 0.6) is 0 Å². The first kappa shape index (κ1) is 48.9. The van der Waals surface area contributed by atoms with E-state index in [0.29, 0.717) is 38.2 Å². The fraction of sp³-hybridized carbons (Fsp3) is 1.00. The van der Waals surface area contributed by atoms with Crippen LogP contribution in [0.4, 0.5) is 0 Å². The second-order valence-electron chi connectivity index (χ2n) is 22.4. The third-order valence-electron chi connectivity index (χ3n) is 18.2. The van der Waals surface area contributed by atoms with Crippen molar-refractivity contribution in [2.24, 2.45) is 0 Å². The number of rotatable bonds is 17. The van der Waals surface area contributed by atoms with Gasteiger partial charge < -0.3 is 14.3 Å². The van der Waals surface area contributed by atoms with E-state index in [9.17, 15) is 0 Å². The van der Waals surface area contributed by atoms with Crippen LogP contribution in [0.25, 0.3) is 0 Å². The quantitative estimate of drug-likeness (QED) is 0.107. The molecule has 0 aromatic heterocycles. The summed E-state index contributed by atoms with van der Waals surface area (Å²) in [6.07, 6.45) is 49.9.